The SMILES string of the molecule is CCn1cc(NC(=O)[C@H](N)Cc2ccc(O)cc2)cn1. The number of rotatable bonds is 5. The van der Waals surface area contributed by atoms with Gasteiger partial charge in [-0.1, -0.05) is 12.1 Å². The average Bonchev–Trinajstić information content (AvgIpc) is 2.89. The molecule has 1 aromatic heterocycles. The highest BCUT2D eigenvalue weighted by Gasteiger charge is 2.15. The van der Waals surface area contributed by atoms with E-state index in [1.54, 1.807) is 41.3 Å². The number of aryl methyl sites for hydroxylation is 1. The normalized spacial score (nSPS) is 12.1. The van der Waals surface area contributed by atoms with Crippen LogP contribution in [0.25, 0.3) is 0 Å². The Hall–Kier alpha value is -2.34. The monoisotopic (exact) mass is 274 g/mol. The third kappa shape index (κ3) is 3.58. The highest BCUT2D eigenvalue weighted by molar-refractivity contribution is 5.94. The number of nitrogens with two attached hydrogens (primary N) is 1. The maximum Gasteiger partial charge on any atom is 0.241 e. The van der Waals surface area contributed by atoms with Gasteiger partial charge in [-0.25, -0.2) is 0 Å². The lowest BCUT2D eigenvalue weighted by molar-refractivity contribution is -0.117. The quantitative estimate of drug-likeness (QED) is 0.761. The van der Waals surface area contributed by atoms with Gasteiger partial charge in [-0.05, 0) is 31.0 Å². The van der Waals surface area contributed by atoms with Gasteiger partial charge < -0.3 is 16.2 Å². The molecular formula is C14H18N4O2. The first kappa shape index (κ1) is 14.1. The van der Waals surface area contributed by atoms with Crippen molar-refractivity contribution in [2.75, 3.05) is 5.32 Å². The Morgan fingerprint density at radius 2 is 2.15 bits per heavy atom. The number of hydrogen-bond acceptors (Lipinski definition) is 4. The zero-order chi connectivity index (χ0) is 14.5. The molecule has 0 fully saturated rings. The number of aromatic nitrogens is 2. The van der Waals surface area contributed by atoms with E-state index in [2.05, 4.69) is 10.4 Å². The molecule has 0 unspecified atom stereocenters. The van der Waals surface area contributed by atoms with Crippen molar-refractivity contribution in [1.82, 2.24) is 9.78 Å². The van der Waals surface area contributed by atoms with Gasteiger partial charge in [-0.3, -0.25) is 9.48 Å². The Balaban J connectivity index is 1.93. The third-order valence-electron chi connectivity index (χ3n) is 2.95. The molecule has 6 heteroatoms. The van der Waals surface area contributed by atoms with E-state index in [1.807, 2.05) is 6.92 Å². The minimum Gasteiger partial charge on any atom is -0.508 e. The fourth-order valence-electron chi connectivity index (χ4n) is 1.81. The van der Waals surface area contributed by atoms with Crippen LogP contribution >= 0.6 is 0 Å². The lowest BCUT2D eigenvalue weighted by Gasteiger charge is -2.11. The summed E-state index contributed by atoms with van der Waals surface area (Å²) >= 11 is 0. The van der Waals surface area contributed by atoms with Crippen molar-refractivity contribution in [3.8, 4) is 5.75 Å². The standard InChI is InChI=1S/C14H18N4O2/c1-2-18-9-11(8-16-18)17-14(20)13(15)7-10-3-5-12(19)6-4-10/h3-6,8-9,13,19H,2,7,15H2,1H3,(H,17,20)/t13-/m1/s1. The lowest BCUT2D eigenvalue weighted by atomic mass is 10.1. The molecule has 1 heterocycles. The van der Waals surface area contributed by atoms with Crippen molar-refractivity contribution in [3.05, 3.63) is 42.2 Å². The molecule has 0 saturated carbocycles. The lowest BCUT2D eigenvalue weighted by Crippen LogP contribution is -2.37. The Kier molecular flexibility index (Phi) is 4.37. The molecule has 0 aliphatic heterocycles. The molecule has 0 saturated heterocycles. The molecule has 20 heavy (non-hydrogen) atoms. The summed E-state index contributed by atoms with van der Waals surface area (Å²) in [7, 11) is 0. The van der Waals surface area contributed by atoms with Crippen LogP contribution in [0.15, 0.2) is 36.7 Å². The number of carbonyl (C=O) groups is 1. The minimum absolute atomic E-state index is 0.193. The van der Waals surface area contributed by atoms with E-state index in [4.69, 9.17) is 5.73 Å². The molecule has 0 bridgehead atoms. The van der Waals surface area contributed by atoms with Gasteiger partial charge >= 0.3 is 0 Å². The molecule has 0 aliphatic rings. The highest BCUT2D eigenvalue weighted by Crippen LogP contribution is 2.12. The zero-order valence-corrected chi connectivity index (χ0v) is 11.3. The second kappa shape index (κ2) is 6.21. The van der Waals surface area contributed by atoms with Gasteiger partial charge in [-0.15, -0.1) is 0 Å². The average molecular weight is 274 g/mol. The number of nitrogens with zero attached hydrogens (tertiary/aromatic N) is 2. The summed E-state index contributed by atoms with van der Waals surface area (Å²) < 4.78 is 1.72. The highest BCUT2D eigenvalue weighted by atomic mass is 16.3. The molecule has 4 N–H and O–H groups in total. The number of nitrogens with one attached hydrogen (secondary N) is 1. The summed E-state index contributed by atoms with van der Waals surface area (Å²) in [6.07, 6.45) is 3.76. The van der Waals surface area contributed by atoms with Crippen LogP contribution in [0.1, 0.15) is 12.5 Å². The summed E-state index contributed by atoms with van der Waals surface area (Å²) in [6, 6.07) is 6.00. The maximum atomic E-state index is 12.0. The Morgan fingerprint density at radius 1 is 1.45 bits per heavy atom. The van der Waals surface area contributed by atoms with Crippen LogP contribution in [0, 0.1) is 0 Å². The summed E-state index contributed by atoms with van der Waals surface area (Å²) in [5.41, 5.74) is 7.41. The second-order valence-electron chi connectivity index (χ2n) is 4.55. The number of anilines is 1. The van der Waals surface area contributed by atoms with Crippen molar-refractivity contribution >= 4 is 11.6 Å². The van der Waals surface area contributed by atoms with Crippen molar-refractivity contribution in [2.24, 2.45) is 5.73 Å². The maximum absolute atomic E-state index is 12.0. The van der Waals surface area contributed by atoms with E-state index in [-0.39, 0.29) is 11.7 Å². The van der Waals surface area contributed by atoms with Crippen LogP contribution in [-0.4, -0.2) is 26.8 Å². The molecule has 0 spiro atoms. The van der Waals surface area contributed by atoms with E-state index in [9.17, 15) is 9.90 Å². The molecular weight excluding hydrogens is 256 g/mol. The molecule has 1 atom stereocenters. The zero-order valence-electron chi connectivity index (χ0n) is 11.3. The number of phenolic OH excluding ortho intramolecular Hbond substituents is 1. The molecule has 0 radical (unpaired) electrons. The van der Waals surface area contributed by atoms with Crippen molar-refractivity contribution in [2.45, 2.75) is 25.9 Å². The largest absolute Gasteiger partial charge is 0.508 e. The summed E-state index contributed by atoms with van der Waals surface area (Å²) in [4.78, 5) is 12.0. The van der Waals surface area contributed by atoms with E-state index < -0.39 is 6.04 Å². The summed E-state index contributed by atoms with van der Waals surface area (Å²) in [5, 5.41) is 16.0. The van der Waals surface area contributed by atoms with Gasteiger partial charge in [0.1, 0.15) is 5.75 Å². The fraction of sp³-hybridized carbons (Fsp3) is 0.286. The minimum atomic E-state index is -0.649. The van der Waals surface area contributed by atoms with E-state index >= 15 is 0 Å². The van der Waals surface area contributed by atoms with Crippen molar-refractivity contribution in [1.29, 1.82) is 0 Å². The predicted molar refractivity (Wildman–Crippen MR) is 76.3 cm³/mol. The Bertz CT molecular complexity index is 577. The Morgan fingerprint density at radius 3 is 2.75 bits per heavy atom. The van der Waals surface area contributed by atoms with Crippen molar-refractivity contribution in [3.63, 3.8) is 0 Å². The fourth-order valence-corrected chi connectivity index (χ4v) is 1.81. The first-order chi connectivity index (χ1) is 9.58. The molecule has 0 aliphatic carbocycles. The number of hydrogen-bond donors (Lipinski definition) is 3. The second-order valence-corrected chi connectivity index (χ2v) is 4.55. The van der Waals surface area contributed by atoms with Gasteiger partial charge in [-0.2, -0.15) is 5.10 Å². The molecule has 2 rings (SSSR count). The number of amides is 1. The Labute approximate surface area is 117 Å². The molecule has 1 aromatic carbocycles. The predicted octanol–water partition coefficient (Wildman–Crippen LogP) is 1.12. The van der Waals surface area contributed by atoms with Gasteiger partial charge in [0.15, 0.2) is 0 Å². The number of phenols is 1. The first-order valence-corrected chi connectivity index (χ1v) is 6.45. The molecule has 6 nitrogen and oxygen atoms in total. The van der Waals surface area contributed by atoms with Crippen LogP contribution in [0.2, 0.25) is 0 Å². The van der Waals surface area contributed by atoms with Crippen LogP contribution < -0.4 is 11.1 Å². The molecule has 2 aromatic rings. The van der Waals surface area contributed by atoms with Crippen LogP contribution in [0.3, 0.4) is 0 Å². The molecule has 106 valence electrons. The summed E-state index contributed by atoms with van der Waals surface area (Å²) in [6.45, 7) is 2.71. The van der Waals surface area contributed by atoms with Gasteiger partial charge in [0.25, 0.3) is 0 Å². The smallest absolute Gasteiger partial charge is 0.241 e. The first-order valence-electron chi connectivity index (χ1n) is 6.45. The number of benzene rings is 1. The van der Waals surface area contributed by atoms with Crippen molar-refractivity contribution < 1.29 is 9.90 Å². The van der Waals surface area contributed by atoms with Crippen LogP contribution in [0.4, 0.5) is 5.69 Å². The number of aromatic hydroxyl groups is 1. The van der Waals surface area contributed by atoms with Gasteiger partial charge in [0.2, 0.25) is 5.91 Å². The van der Waals surface area contributed by atoms with E-state index in [0.29, 0.717) is 12.1 Å². The summed E-state index contributed by atoms with van der Waals surface area (Å²) in [5.74, 6) is -0.0625. The van der Waals surface area contributed by atoms with E-state index in [1.165, 1.54) is 0 Å². The van der Waals surface area contributed by atoms with E-state index in [0.717, 1.165) is 12.1 Å². The van der Waals surface area contributed by atoms with Crippen LogP contribution in [0.5, 0.6) is 5.75 Å². The number of carbonyl (C=O) groups excluding carboxylic acids is 1. The van der Waals surface area contributed by atoms with Gasteiger partial charge in [0, 0.05) is 12.7 Å². The third-order valence-corrected chi connectivity index (χ3v) is 2.95. The van der Waals surface area contributed by atoms with Crippen LogP contribution in [-0.2, 0) is 17.8 Å². The topological polar surface area (TPSA) is 93.2 Å². The van der Waals surface area contributed by atoms with Gasteiger partial charge in [0.05, 0.1) is 17.9 Å². The molecule has 1 amide bonds.